The molecule has 1 amide bonds. The fourth-order valence-electron chi connectivity index (χ4n) is 3.71. The molecule has 0 unspecified atom stereocenters. The van der Waals surface area contributed by atoms with Crippen molar-refractivity contribution < 1.29 is 19.2 Å². The van der Waals surface area contributed by atoms with E-state index in [0.29, 0.717) is 38.2 Å². The molecule has 0 atom stereocenters. The molecule has 1 heterocycles. The number of carbonyl (C=O) groups is 2. The standard InChI is InChI=1S/C23H27N3O5/c27-22(24-14-6-9-18-7-2-1-3-8-18)17-31-23(28)19-12-15-25(16-13-19)20-10-4-5-11-21(20)26(29)30/h1-5,7-8,10-11,19H,6,9,12-17H2,(H,24,27). The molecular weight excluding hydrogens is 398 g/mol. The maximum atomic E-state index is 12.3. The number of anilines is 1. The summed E-state index contributed by atoms with van der Waals surface area (Å²) in [6.45, 7) is 1.29. The van der Waals surface area contributed by atoms with Gasteiger partial charge in [-0.25, -0.2) is 0 Å². The average Bonchev–Trinajstić information content (AvgIpc) is 2.81. The van der Waals surface area contributed by atoms with Crippen molar-refractivity contribution in [3.63, 3.8) is 0 Å². The maximum Gasteiger partial charge on any atom is 0.309 e. The average molecular weight is 425 g/mol. The minimum atomic E-state index is -0.395. The fraction of sp³-hybridized carbons (Fsp3) is 0.391. The third kappa shape index (κ3) is 6.53. The molecule has 0 radical (unpaired) electrons. The monoisotopic (exact) mass is 425 g/mol. The SMILES string of the molecule is O=C(COC(=O)C1CCN(c2ccccc2[N+](=O)[O-])CC1)NCCCc1ccccc1. The third-order valence-electron chi connectivity index (χ3n) is 5.40. The molecule has 8 nitrogen and oxygen atoms in total. The van der Waals surface area contributed by atoms with E-state index in [2.05, 4.69) is 5.32 Å². The lowest BCUT2D eigenvalue weighted by molar-refractivity contribution is -0.384. The molecule has 3 rings (SSSR count). The molecule has 1 saturated heterocycles. The molecule has 1 aliphatic heterocycles. The van der Waals surface area contributed by atoms with Gasteiger partial charge >= 0.3 is 5.97 Å². The van der Waals surface area contributed by atoms with E-state index >= 15 is 0 Å². The van der Waals surface area contributed by atoms with Gasteiger partial charge in [-0.3, -0.25) is 19.7 Å². The van der Waals surface area contributed by atoms with Crippen LogP contribution in [0.15, 0.2) is 54.6 Å². The molecule has 31 heavy (non-hydrogen) atoms. The summed E-state index contributed by atoms with van der Waals surface area (Å²) >= 11 is 0. The van der Waals surface area contributed by atoms with Crippen molar-refractivity contribution in [1.29, 1.82) is 0 Å². The van der Waals surface area contributed by atoms with Gasteiger partial charge in [0.15, 0.2) is 6.61 Å². The first kappa shape index (κ1) is 22.3. The number of ether oxygens (including phenoxy) is 1. The number of nitrogens with zero attached hydrogens (tertiary/aromatic N) is 2. The van der Waals surface area contributed by atoms with Gasteiger partial charge in [0.2, 0.25) is 0 Å². The molecule has 1 N–H and O–H groups in total. The lowest BCUT2D eigenvalue weighted by Gasteiger charge is -2.32. The van der Waals surface area contributed by atoms with Crippen molar-refractivity contribution in [1.82, 2.24) is 5.32 Å². The quantitative estimate of drug-likeness (QED) is 0.287. The van der Waals surface area contributed by atoms with Gasteiger partial charge in [0.25, 0.3) is 11.6 Å². The Kier molecular flexibility index (Phi) is 7.98. The van der Waals surface area contributed by atoms with E-state index in [0.717, 1.165) is 12.8 Å². The molecule has 0 saturated carbocycles. The Bertz CT molecular complexity index is 895. The van der Waals surface area contributed by atoms with E-state index in [-0.39, 0.29) is 30.1 Å². The zero-order chi connectivity index (χ0) is 22.1. The number of carbonyl (C=O) groups excluding carboxylic acids is 2. The first-order valence-corrected chi connectivity index (χ1v) is 10.5. The number of para-hydroxylation sites is 2. The molecule has 164 valence electrons. The highest BCUT2D eigenvalue weighted by atomic mass is 16.6. The van der Waals surface area contributed by atoms with Crippen molar-refractivity contribution in [2.45, 2.75) is 25.7 Å². The summed E-state index contributed by atoms with van der Waals surface area (Å²) < 4.78 is 5.18. The van der Waals surface area contributed by atoms with Crippen LogP contribution in [-0.4, -0.2) is 43.0 Å². The van der Waals surface area contributed by atoms with Crippen LogP contribution in [-0.2, 0) is 20.7 Å². The van der Waals surface area contributed by atoms with Crippen molar-refractivity contribution in [3.05, 3.63) is 70.3 Å². The zero-order valence-corrected chi connectivity index (χ0v) is 17.4. The molecule has 2 aromatic carbocycles. The van der Waals surface area contributed by atoms with Crippen LogP contribution in [0.2, 0.25) is 0 Å². The summed E-state index contributed by atoms with van der Waals surface area (Å²) in [5.74, 6) is -0.995. The summed E-state index contributed by atoms with van der Waals surface area (Å²) in [6.07, 6.45) is 2.75. The Labute approximate surface area is 181 Å². The van der Waals surface area contributed by atoms with E-state index < -0.39 is 4.92 Å². The van der Waals surface area contributed by atoms with Gasteiger partial charge in [-0.2, -0.15) is 0 Å². The number of piperidine rings is 1. The highest BCUT2D eigenvalue weighted by Crippen LogP contribution is 2.31. The van der Waals surface area contributed by atoms with E-state index in [1.807, 2.05) is 35.2 Å². The second kappa shape index (κ2) is 11.1. The van der Waals surface area contributed by atoms with Gasteiger partial charge in [-0.05, 0) is 37.3 Å². The van der Waals surface area contributed by atoms with Gasteiger partial charge in [0, 0.05) is 25.7 Å². The first-order valence-electron chi connectivity index (χ1n) is 10.5. The molecule has 0 spiro atoms. The minimum Gasteiger partial charge on any atom is -0.455 e. The van der Waals surface area contributed by atoms with Crippen molar-refractivity contribution in [3.8, 4) is 0 Å². The number of nitro groups is 1. The number of hydrogen-bond donors (Lipinski definition) is 1. The van der Waals surface area contributed by atoms with Crippen molar-refractivity contribution in [2.24, 2.45) is 5.92 Å². The van der Waals surface area contributed by atoms with Crippen LogP contribution in [0, 0.1) is 16.0 Å². The van der Waals surface area contributed by atoms with Crippen LogP contribution in [0.3, 0.4) is 0 Å². The van der Waals surface area contributed by atoms with E-state index in [1.54, 1.807) is 18.2 Å². The number of amides is 1. The molecule has 0 aromatic heterocycles. The largest absolute Gasteiger partial charge is 0.455 e. The van der Waals surface area contributed by atoms with Crippen LogP contribution in [0.5, 0.6) is 0 Å². The fourth-order valence-corrected chi connectivity index (χ4v) is 3.71. The number of aryl methyl sites for hydroxylation is 1. The second-order valence-electron chi connectivity index (χ2n) is 7.55. The van der Waals surface area contributed by atoms with Gasteiger partial charge in [0.1, 0.15) is 5.69 Å². The number of nitrogens with one attached hydrogen (secondary N) is 1. The van der Waals surface area contributed by atoms with Gasteiger partial charge in [-0.1, -0.05) is 42.5 Å². The summed E-state index contributed by atoms with van der Waals surface area (Å²) in [5, 5.41) is 14.0. The van der Waals surface area contributed by atoms with Crippen molar-refractivity contribution >= 4 is 23.3 Å². The van der Waals surface area contributed by atoms with E-state index in [4.69, 9.17) is 4.74 Å². The summed E-state index contributed by atoms with van der Waals surface area (Å²) in [4.78, 5) is 37.0. The summed E-state index contributed by atoms with van der Waals surface area (Å²) in [5.41, 5.74) is 1.84. The molecular formula is C23H27N3O5. The predicted molar refractivity (Wildman–Crippen MR) is 117 cm³/mol. The Balaban J connectivity index is 1.35. The highest BCUT2D eigenvalue weighted by molar-refractivity contribution is 5.81. The van der Waals surface area contributed by atoms with Crippen molar-refractivity contribution in [2.75, 3.05) is 31.1 Å². The van der Waals surface area contributed by atoms with E-state index in [1.165, 1.54) is 11.6 Å². The Morgan fingerprint density at radius 3 is 2.45 bits per heavy atom. The molecule has 2 aromatic rings. The Morgan fingerprint density at radius 2 is 1.74 bits per heavy atom. The molecule has 8 heteroatoms. The molecule has 0 bridgehead atoms. The number of nitro benzene ring substituents is 1. The van der Waals surface area contributed by atoms with Crippen LogP contribution >= 0.6 is 0 Å². The van der Waals surface area contributed by atoms with Gasteiger partial charge in [0.05, 0.1) is 10.8 Å². The first-order chi connectivity index (χ1) is 15.0. The molecule has 1 aliphatic rings. The normalized spacial score (nSPS) is 14.1. The Morgan fingerprint density at radius 1 is 1.06 bits per heavy atom. The van der Waals surface area contributed by atoms with Crippen LogP contribution in [0.25, 0.3) is 0 Å². The molecule has 1 fully saturated rings. The summed E-state index contributed by atoms with van der Waals surface area (Å²) in [7, 11) is 0. The number of hydrogen-bond acceptors (Lipinski definition) is 6. The Hall–Kier alpha value is -3.42. The zero-order valence-electron chi connectivity index (χ0n) is 17.4. The maximum absolute atomic E-state index is 12.3. The number of esters is 1. The lowest BCUT2D eigenvalue weighted by atomic mass is 9.96. The van der Waals surface area contributed by atoms with Crippen LogP contribution in [0.1, 0.15) is 24.8 Å². The number of rotatable bonds is 9. The van der Waals surface area contributed by atoms with Crippen LogP contribution < -0.4 is 10.2 Å². The summed E-state index contributed by atoms with van der Waals surface area (Å²) in [6, 6.07) is 16.6. The topological polar surface area (TPSA) is 102 Å². The van der Waals surface area contributed by atoms with Crippen LogP contribution in [0.4, 0.5) is 11.4 Å². The second-order valence-corrected chi connectivity index (χ2v) is 7.55. The molecule has 0 aliphatic carbocycles. The predicted octanol–water partition coefficient (Wildman–Crippen LogP) is 3.10. The lowest BCUT2D eigenvalue weighted by Crippen LogP contribution is -2.38. The minimum absolute atomic E-state index is 0.0625. The third-order valence-corrected chi connectivity index (χ3v) is 5.40. The van der Waals surface area contributed by atoms with Gasteiger partial charge < -0.3 is 15.0 Å². The smallest absolute Gasteiger partial charge is 0.309 e. The van der Waals surface area contributed by atoms with E-state index in [9.17, 15) is 19.7 Å². The van der Waals surface area contributed by atoms with Gasteiger partial charge in [-0.15, -0.1) is 0 Å². The number of benzene rings is 2. The highest BCUT2D eigenvalue weighted by Gasteiger charge is 2.29.